The van der Waals surface area contributed by atoms with Crippen LogP contribution in [0.4, 0.5) is 0 Å². The largest absolute Gasteiger partial charge is 0.379 e. The van der Waals surface area contributed by atoms with Gasteiger partial charge in [0.1, 0.15) is 5.65 Å². The summed E-state index contributed by atoms with van der Waals surface area (Å²) in [5.41, 5.74) is 8.34. The summed E-state index contributed by atoms with van der Waals surface area (Å²) in [6, 6.07) is 4.34. The minimum absolute atomic E-state index is 0.120. The highest BCUT2D eigenvalue weighted by atomic mass is 16.5. The number of aryl methyl sites for hydroxylation is 1. The van der Waals surface area contributed by atoms with Crippen LogP contribution in [0.15, 0.2) is 24.5 Å². The smallest absolute Gasteiger partial charge is 0.140 e. The first-order valence-corrected chi connectivity index (χ1v) is 7.70. The van der Waals surface area contributed by atoms with Gasteiger partial charge < -0.3 is 15.0 Å². The molecule has 0 aliphatic rings. The maximum absolute atomic E-state index is 6.12. The molecule has 0 radical (unpaired) electrons. The summed E-state index contributed by atoms with van der Waals surface area (Å²) >= 11 is 0. The van der Waals surface area contributed by atoms with E-state index in [4.69, 9.17) is 10.5 Å². The molecule has 0 aromatic carbocycles. The van der Waals surface area contributed by atoms with E-state index in [0.29, 0.717) is 0 Å². The molecular weight excluding hydrogens is 262 g/mol. The van der Waals surface area contributed by atoms with Gasteiger partial charge in [-0.1, -0.05) is 6.92 Å². The Labute approximate surface area is 127 Å². The molecule has 0 aliphatic heterocycles. The topological polar surface area (TPSA) is 53.1 Å². The second-order valence-corrected chi connectivity index (χ2v) is 6.31. The van der Waals surface area contributed by atoms with E-state index in [9.17, 15) is 0 Å². The van der Waals surface area contributed by atoms with Gasteiger partial charge in [-0.15, -0.1) is 0 Å². The lowest BCUT2D eigenvalue weighted by Crippen LogP contribution is -2.24. The number of ether oxygens (including phenoxy) is 1. The quantitative estimate of drug-likeness (QED) is 0.852. The molecule has 1 unspecified atom stereocenters. The molecule has 0 saturated heterocycles. The van der Waals surface area contributed by atoms with Crippen molar-refractivity contribution in [3.8, 4) is 0 Å². The highest BCUT2D eigenvalue weighted by Crippen LogP contribution is 2.23. The summed E-state index contributed by atoms with van der Waals surface area (Å²) in [7, 11) is 1.76. The summed E-state index contributed by atoms with van der Waals surface area (Å²) < 4.78 is 7.74. The summed E-state index contributed by atoms with van der Waals surface area (Å²) in [5, 5.41) is 1.22. The summed E-state index contributed by atoms with van der Waals surface area (Å²) in [6.45, 7) is 7.25. The van der Waals surface area contributed by atoms with Crippen molar-refractivity contribution < 1.29 is 4.74 Å². The van der Waals surface area contributed by atoms with Gasteiger partial charge in [-0.05, 0) is 50.8 Å². The normalized spacial score (nSPS) is 13.8. The van der Waals surface area contributed by atoms with Crippen LogP contribution in [0.3, 0.4) is 0 Å². The zero-order valence-electron chi connectivity index (χ0n) is 13.6. The Bertz CT molecular complexity index is 589. The number of aromatic nitrogens is 2. The van der Waals surface area contributed by atoms with Gasteiger partial charge in [0, 0.05) is 37.5 Å². The Hall–Kier alpha value is -1.39. The third kappa shape index (κ3) is 3.83. The van der Waals surface area contributed by atoms with Crippen LogP contribution in [0, 0.1) is 0 Å². The molecule has 4 heteroatoms. The van der Waals surface area contributed by atoms with Gasteiger partial charge in [0.2, 0.25) is 0 Å². The van der Waals surface area contributed by atoms with Gasteiger partial charge in [0.15, 0.2) is 0 Å². The molecule has 2 rings (SSSR count). The maximum Gasteiger partial charge on any atom is 0.140 e. The predicted molar refractivity (Wildman–Crippen MR) is 87.4 cm³/mol. The van der Waals surface area contributed by atoms with Crippen LogP contribution in [0.25, 0.3) is 11.0 Å². The van der Waals surface area contributed by atoms with Crippen molar-refractivity contribution in [3.63, 3.8) is 0 Å². The Morgan fingerprint density at radius 1 is 1.43 bits per heavy atom. The Kier molecular flexibility index (Phi) is 5.01. The molecule has 2 heterocycles. The van der Waals surface area contributed by atoms with Crippen LogP contribution in [0.1, 0.15) is 39.2 Å². The highest BCUT2D eigenvalue weighted by molar-refractivity contribution is 5.80. The fourth-order valence-electron chi connectivity index (χ4n) is 2.45. The van der Waals surface area contributed by atoms with Gasteiger partial charge >= 0.3 is 0 Å². The molecule has 0 aliphatic carbocycles. The second-order valence-electron chi connectivity index (χ2n) is 6.31. The second kappa shape index (κ2) is 6.58. The number of pyridine rings is 1. The van der Waals surface area contributed by atoms with Crippen LogP contribution in [-0.2, 0) is 17.7 Å². The van der Waals surface area contributed by atoms with E-state index in [2.05, 4.69) is 42.6 Å². The molecule has 1 atom stereocenters. The van der Waals surface area contributed by atoms with Crippen LogP contribution in [0.2, 0.25) is 0 Å². The van der Waals surface area contributed by atoms with E-state index in [1.807, 2.05) is 12.3 Å². The van der Waals surface area contributed by atoms with E-state index in [0.717, 1.165) is 31.5 Å². The van der Waals surface area contributed by atoms with Crippen LogP contribution < -0.4 is 5.73 Å². The zero-order valence-corrected chi connectivity index (χ0v) is 13.6. The monoisotopic (exact) mass is 289 g/mol. The van der Waals surface area contributed by atoms with Crippen molar-refractivity contribution in [3.05, 3.63) is 30.1 Å². The lowest BCUT2D eigenvalue weighted by atomic mass is 10.1. The van der Waals surface area contributed by atoms with Gasteiger partial charge in [-0.2, -0.15) is 0 Å². The highest BCUT2D eigenvalue weighted by Gasteiger charge is 2.18. The van der Waals surface area contributed by atoms with Gasteiger partial charge in [0.05, 0.1) is 5.60 Å². The third-order valence-electron chi connectivity index (χ3n) is 4.23. The molecule has 116 valence electrons. The summed E-state index contributed by atoms with van der Waals surface area (Å²) in [4.78, 5) is 4.54. The summed E-state index contributed by atoms with van der Waals surface area (Å²) in [5.74, 6) is 0. The average molecular weight is 289 g/mol. The van der Waals surface area contributed by atoms with Crippen molar-refractivity contribution in [2.24, 2.45) is 5.73 Å². The SMILES string of the molecule is CCC(N)Cc1cn(CCC(C)(C)OC)c2ncccc12. The first-order chi connectivity index (χ1) is 9.96. The minimum atomic E-state index is -0.120. The fraction of sp³-hybridized carbons (Fsp3) is 0.588. The molecule has 2 aromatic rings. The van der Waals surface area contributed by atoms with Gasteiger partial charge in [-0.25, -0.2) is 4.98 Å². The van der Waals surface area contributed by atoms with E-state index in [1.54, 1.807) is 7.11 Å². The van der Waals surface area contributed by atoms with Gasteiger partial charge in [0.25, 0.3) is 0 Å². The lowest BCUT2D eigenvalue weighted by Gasteiger charge is -2.23. The molecule has 0 amide bonds. The number of fused-ring (bicyclic) bond motifs is 1. The first-order valence-electron chi connectivity index (χ1n) is 7.70. The zero-order chi connectivity index (χ0) is 15.5. The molecular formula is C17H27N3O. The molecule has 4 nitrogen and oxygen atoms in total. The maximum atomic E-state index is 6.12. The first kappa shape index (κ1) is 16.0. The molecule has 0 bridgehead atoms. The molecule has 2 N–H and O–H groups in total. The number of methoxy groups -OCH3 is 1. The van der Waals surface area contributed by atoms with Crippen molar-refractivity contribution in [2.75, 3.05) is 7.11 Å². The molecule has 2 aromatic heterocycles. The minimum Gasteiger partial charge on any atom is -0.379 e. The number of nitrogens with zero attached hydrogens (tertiary/aromatic N) is 2. The van der Waals surface area contributed by atoms with E-state index < -0.39 is 0 Å². The van der Waals surface area contributed by atoms with E-state index >= 15 is 0 Å². The van der Waals surface area contributed by atoms with Crippen LogP contribution >= 0.6 is 0 Å². The lowest BCUT2D eigenvalue weighted by molar-refractivity contribution is 0.0123. The average Bonchev–Trinajstić information content (AvgIpc) is 2.83. The summed E-state index contributed by atoms with van der Waals surface area (Å²) in [6.07, 6.45) is 6.90. The number of hydrogen-bond acceptors (Lipinski definition) is 3. The number of hydrogen-bond donors (Lipinski definition) is 1. The molecule has 0 fully saturated rings. The number of rotatable bonds is 7. The standard InChI is InChI=1S/C17H27N3O/c1-5-14(18)11-13-12-20(10-8-17(2,3)21-4)16-15(13)7-6-9-19-16/h6-7,9,12,14H,5,8,10-11,18H2,1-4H3. The van der Waals surface area contributed by atoms with Crippen molar-refractivity contribution in [1.82, 2.24) is 9.55 Å². The van der Waals surface area contributed by atoms with E-state index in [-0.39, 0.29) is 11.6 Å². The number of nitrogens with two attached hydrogens (primary N) is 1. The molecule has 21 heavy (non-hydrogen) atoms. The van der Waals surface area contributed by atoms with Crippen LogP contribution in [0.5, 0.6) is 0 Å². The Morgan fingerprint density at radius 2 is 2.19 bits per heavy atom. The van der Waals surface area contributed by atoms with E-state index in [1.165, 1.54) is 10.9 Å². The van der Waals surface area contributed by atoms with Crippen molar-refractivity contribution in [1.29, 1.82) is 0 Å². The Morgan fingerprint density at radius 3 is 2.86 bits per heavy atom. The van der Waals surface area contributed by atoms with Crippen molar-refractivity contribution in [2.45, 2.75) is 58.2 Å². The third-order valence-corrected chi connectivity index (χ3v) is 4.23. The Balaban J connectivity index is 2.27. The molecule has 0 saturated carbocycles. The van der Waals surface area contributed by atoms with Crippen molar-refractivity contribution >= 4 is 11.0 Å². The fourth-order valence-corrected chi connectivity index (χ4v) is 2.45. The van der Waals surface area contributed by atoms with Crippen LogP contribution in [-0.4, -0.2) is 28.3 Å². The molecule has 0 spiro atoms. The van der Waals surface area contributed by atoms with Gasteiger partial charge in [-0.3, -0.25) is 0 Å². The predicted octanol–water partition coefficient (Wildman–Crippen LogP) is 3.13.